The van der Waals surface area contributed by atoms with Gasteiger partial charge in [0.15, 0.2) is 5.11 Å². The minimum absolute atomic E-state index is 0.286. The Balaban J connectivity index is 2.06. The molecule has 0 saturated heterocycles. The molecule has 0 atom stereocenters. The standard InChI is InChI=1S/C10H16N4O2S/c1-2-16-10(15)13-9(17)12-4-3-6-14-7-5-11-8-14/h5,7-8H,2-4,6H2,1H3,(H2,12,13,15,17). The van der Waals surface area contributed by atoms with Crippen LogP contribution in [-0.2, 0) is 11.3 Å². The summed E-state index contributed by atoms with van der Waals surface area (Å²) in [5.74, 6) is 0. The summed E-state index contributed by atoms with van der Waals surface area (Å²) in [6.07, 6.45) is 5.76. The van der Waals surface area contributed by atoms with E-state index in [1.807, 2.05) is 10.8 Å². The van der Waals surface area contributed by atoms with Gasteiger partial charge in [-0.15, -0.1) is 0 Å². The molecule has 1 heterocycles. The van der Waals surface area contributed by atoms with Crippen LogP contribution >= 0.6 is 12.2 Å². The maximum atomic E-state index is 11.0. The number of hydrogen-bond donors (Lipinski definition) is 2. The van der Waals surface area contributed by atoms with Crippen LogP contribution in [0.5, 0.6) is 0 Å². The first-order valence-electron chi connectivity index (χ1n) is 5.39. The number of alkyl carbamates (subject to hydrolysis) is 1. The maximum Gasteiger partial charge on any atom is 0.413 e. The molecule has 1 rings (SSSR count). The third-order valence-electron chi connectivity index (χ3n) is 1.93. The Kier molecular flexibility index (Phi) is 6.02. The molecule has 0 fully saturated rings. The van der Waals surface area contributed by atoms with Crippen molar-refractivity contribution in [1.29, 1.82) is 0 Å². The molecule has 0 spiro atoms. The van der Waals surface area contributed by atoms with Crippen LogP contribution in [-0.4, -0.2) is 33.9 Å². The van der Waals surface area contributed by atoms with Crippen molar-refractivity contribution in [2.45, 2.75) is 19.9 Å². The van der Waals surface area contributed by atoms with Gasteiger partial charge < -0.3 is 14.6 Å². The van der Waals surface area contributed by atoms with Gasteiger partial charge in [-0.3, -0.25) is 5.32 Å². The van der Waals surface area contributed by atoms with Crippen LogP contribution in [0, 0.1) is 0 Å². The molecule has 0 aliphatic carbocycles. The van der Waals surface area contributed by atoms with Gasteiger partial charge in [-0.25, -0.2) is 9.78 Å². The molecule has 7 heteroatoms. The Morgan fingerprint density at radius 2 is 2.41 bits per heavy atom. The van der Waals surface area contributed by atoms with Crippen molar-refractivity contribution in [2.75, 3.05) is 13.2 Å². The molecule has 1 amide bonds. The number of nitrogens with one attached hydrogen (secondary N) is 2. The summed E-state index contributed by atoms with van der Waals surface area (Å²) >= 11 is 4.92. The Labute approximate surface area is 105 Å². The Hall–Kier alpha value is -1.63. The minimum atomic E-state index is -0.528. The summed E-state index contributed by atoms with van der Waals surface area (Å²) in [4.78, 5) is 14.9. The quantitative estimate of drug-likeness (QED) is 0.605. The van der Waals surface area contributed by atoms with E-state index in [2.05, 4.69) is 20.4 Å². The van der Waals surface area contributed by atoms with Crippen LogP contribution in [0.1, 0.15) is 13.3 Å². The van der Waals surface area contributed by atoms with E-state index in [0.717, 1.165) is 13.0 Å². The van der Waals surface area contributed by atoms with E-state index in [1.165, 1.54) is 0 Å². The van der Waals surface area contributed by atoms with Crippen LogP contribution in [0.25, 0.3) is 0 Å². The third-order valence-corrected chi connectivity index (χ3v) is 2.18. The van der Waals surface area contributed by atoms with Crippen LogP contribution in [0.3, 0.4) is 0 Å². The monoisotopic (exact) mass is 256 g/mol. The van der Waals surface area contributed by atoms with E-state index in [1.54, 1.807) is 19.4 Å². The summed E-state index contributed by atoms with van der Waals surface area (Å²) < 4.78 is 6.66. The van der Waals surface area contributed by atoms with Gasteiger partial charge in [0.1, 0.15) is 0 Å². The van der Waals surface area contributed by atoms with Gasteiger partial charge in [-0.2, -0.15) is 0 Å². The zero-order valence-corrected chi connectivity index (χ0v) is 10.5. The molecular weight excluding hydrogens is 240 g/mol. The molecule has 0 saturated carbocycles. The third kappa shape index (κ3) is 5.86. The second kappa shape index (κ2) is 7.61. The second-order valence-electron chi connectivity index (χ2n) is 3.26. The second-order valence-corrected chi connectivity index (χ2v) is 3.66. The van der Waals surface area contributed by atoms with Crippen molar-refractivity contribution in [3.8, 4) is 0 Å². The number of aryl methyl sites for hydroxylation is 1. The summed E-state index contributed by atoms with van der Waals surface area (Å²) in [5, 5.41) is 5.62. The van der Waals surface area contributed by atoms with Crippen molar-refractivity contribution < 1.29 is 9.53 Å². The molecule has 0 radical (unpaired) electrons. The molecule has 17 heavy (non-hydrogen) atoms. The fraction of sp³-hybridized carbons (Fsp3) is 0.500. The number of nitrogens with zero attached hydrogens (tertiary/aromatic N) is 2. The molecule has 0 aromatic carbocycles. The highest BCUT2D eigenvalue weighted by Gasteiger charge is 2.02. The zero-order valence-electron chi connectivity index (χ0n) is 9.68. The molecule has 0 unspecified atom stereocenters. The van der Waals surface area contributed by atoms with Gasteiger partial charge >= 0.3 is 6.09 Å². The average Bonchev–Trinajstić information content (AvgIpc) is 2.77. The van der Waals surface area contributed by atoms with Crippen molar-refractivity contribution in [2.24, 2.45) is 0 Å². The van der Waals surface area contributed by atoms with Gasteiger partial charge in [-0.1, -0.05) is 0 Å². The number of ether oxygens (including phenoxy) is 1. The fourth-order valence-electron chi connectivity index (χ4n) is 1.19. The predicted molar refractivity (Wildman–Crippen MR) is 67.6 cm³/mol. The molecule has 2 N–H and O–H groups in total. The van der Waals surface area contributed by atoms with Crippen LogP contribution < -0.4 is 10.6 Å². The lowest BCUT2D eigenvalue weighted by molar-refractivity contribution is 0.157. The summed E-state index contributed by atoms with van der Waals surface area (Å²) in [6.45, 7) is 3.61. The first-order chi connectivity index (χ1) is 8.22. The lowest BCUT2D eigenvalue weighted by Crippen LogP contribution is -2.40. The number of carbonyl (C=O) groups excluding carboxylic acids is 1. The van der Waals surface area contributed by atoms with E-state index >= 15 is 0 Å². The number of thiocarbonyl (C=S) groups is 1. The number of carbonyl (C=O) groups is 1. The number of rotatable bonds is 5. The highest BCUT2D eigenvalue weighted by molar-refractivity contribution is 7.80. The van der Waals surface area contributed by atoms with Gasteiger partial charge in [0.25, 0.3) is 0 Å². The van der Waals surface area contributed by atoms with Crippen molar-refractivity contribution in [3.05, 3.63) is 18.7 Å². The molecule has 0 aliphatic heterocycles. The average molecular weight is 256 g/mol. The Morgan fingerprint density at radius 1 is 1.59 bits per heavy atom. The van der Waals surface area contributed by atoms with Gasteiger partial charge in [-0.05, 0) is 25.6 Å². The van der Waals surface area contributed by atoms with Crippen molar-refractivity contribution >= 4 is 23.4 Å². The van der Waals surface area contributed by atoms with E-state index in [4.69, 9.17) is 12.2 Å². The Bertz CT molecular complexity index is 353. The number of hydrogen-bond acceptors (Lipinski definition) is 4. The van der Waals surface area contributed by atoms with Gasteiger partial charge in [0.05, 0.1) is 12.9 Å². The van der Waals surface area contributed by atoms with Crippen molar-refractivity contribution in [3.63, 3.8) is 0 Å². The summed E-state index contributed by atoms with van der Waals surface area (Å²) in [6, 6.07) is 0. The van der Waals surface area contributed by atoms with Gasteiger partial charge in [0.2, 0.25) is 0 Å². The smallest absolute Gasteiger partial charge is 0.413 e. The molecule has 0 bridgehead atoms. The van der Waals surface area contributed by atoms with Crippen molar-refractivity contribution in [1.82, 2.24) is 20.2 Å². The normalized spacial score (nSPS) is 9.71. The molecule has 1 aromatic rings. The highest BCUT2D eigenvalue weighted by atomic mass is 32.1. The molecular formula is C10H16N4O2S. The van der Waals surface area contributed by atoms with E-state index < -0.39 is 6.09 Å². The first-order valence-corrected chi connectivity index (χ1v) is 5.80. The van der Waals surface area contributed by atoms with Crippen LogP contribution in [0.2, 0.25) is 0 Å². The molecule has 0 aliphatic rings. The van der Waals surface area contributed by atoms with E-state index in [9.17, 15) is 4.79 Å². The molecule has 6 nitrogen and oxygen atoms in total. The summed E-state index contributed by atoms with van der Waals surface area (Å²) in [7, 11) is 0. The maximum absolute atomic E-state index is 11.0. The van der Waals surface area contributed by atoms with Crippen LogP contribution in [0.4, 0.5) is 4.79 Å². The zero-order chi connectivity index (χ0) is 12.5. The van der Waals surface area contributed by atoms with Gasteiger partial charge in [0, 0.05) is 25.5 Å². The van der Waals surface area contributed by atoms with E-state index in [0.29, 0.717) is 13.2 Å². The lowest BCUT2D eigenvalue weighted by Gasteiger charge is -2.09. The Morgan fingerprint density at radius 3 is 3.06 bits per heavy atom. The largest absolute Gasteiger partial charge is 0.450 e. The first kappa shape index (κ1) is 13.4. The number of imidazole rings is 1. The van der Waals surface area contributed by atoms with E-state index in [-0.39, 0.29) is 5.11 Å². The topological polar surface area (TPSA) is 68.2 Å². The number of aromatic nitrogens is 2. The lowest BCUT2D eigenvalue weighted by atomic mass is 10.4. The number of amides is 1. The SMILES string of the molecule is CCOC(=O)NC(=S)NCCCn1ccnc1. The predicted octanol–water partition coefficient (Wildman–Crippen LogP) is 0.894. The highest BCUT2D eigenvalue weighted by Crippen LogP contribution is 1.89. The fourth-order valence-corrected chi connectivity index (χ4v) is 1.37. The molecule has 94 valence electrons. The molecule has 1 aromatic heterocycles. The minimum Gasteiger partial charge on any atom is -0.450 e. The summed E-state index contributed by atoms with van der Waals surface area (Å²) in [5.41, 5.74) is 0. The van der Waals surface area contributed by atoms with Crippen LogP contribution in [0.15, 0.2) is 18.7 Å².